The maximum absolute atomic E-state index is 12.3. The van der Waals surface area contributed by atoms with Gasteiger partial charge in [0, 0.05) is 18.4 Å². The number of nitrogens with zero attached hydrogens (tertiary/aromatic N) is 4. The Balaban J connectivity index is 1.92. The molecule has 22 heavy (non-hydrogen) atoms. The van der Waals surface area contributed by atoms with E-state index in [-0.39, 0.29) is 24.2 Å². The zero-order valence-electron chi connectivity index (χ0n) is 11.4. The first kappa shape index (κ1) is 13.8. The van der Waals surface area contributed by atoms with Gasteiger partial charge >= 0.3 is 6.21 Å². The van der Waals surface area contributed by atoms with Crippen molar-refractivity contribution >= 4 is 34.7 Å². The molecule has 0 unspecified atom stereocenters. The molecule has 108 valence electrons. The van der Waals surface area contributed by atoms with Crippen LogP contribution >= 0.6 is 0 Å². The smallest absolute Gasteiger partial charge is 0.323 e. The van der Waals surface area contributed by atoms with E-state index in [0.29, 0.717) is 5.52 Å². The van der Waals surface area contributed by atoms with Gasteiger partial charge in [0.15, 0.2) is 0 Å². The predicted octanol–water partition coefficient (Wildman–Crippen LogP) is 1.09. The summed E-state index contributed by atoms with van der Waals surface area (Å²) < 4.78 is 0. The highest BCUT2D eigenvalue weighted by molar-refractivity contribution is 6.26. The van der Waals surface area contributed by atoms with Crippen LogP contribution in [0.5, 0.6) is 0 Å². The molecule has 0 fully saturated rings. The fraction of sp³-hybridized carbons (Fsp3) is 0.133. The summed E-state index contributed by atoms with van der Waals surface area (Å²) in [4.78, 5) is 43.7. The molecule has 0 saturated heterocycles. The first-order chi connectivity index (χ1) is 10.6. The number of carbonyl (C=O) groups is 3. The molecule has 0 saturated carbocycles. The zero-order valence-corrected chi connectivity index (χ0v) is 11.4. The lowest BCUT2D eigenvalue weighted by Gasteiger charge is -2.10. The van der Waals surface area contributed by atoms with Crippen molar-refractivity contribution in [2.45, 2.75) is 6.42 Å². The molecule has 0 spiro atoms. The number of benzene rings is 1. The van der Waals surface area contributed by atoms with Crippen LogP contribution in [0, 0.1) is 0 Å². The van der Waals surface area contributed by atoms with E-state index >= 15 is 0 Å². The second-order valence-corrected chi connectivity index (χ2v) is 4.80. The van der Waals surface area contributed by atoms with Crippen LogP contribution in [0.25, 0.3) is 16.4 Å². The van der Waals surface area contributed by atoms with Crippen LogP contribution < -0.4 is 0 Å². The Morgan fingerprint density at radius 2 is 2.05 bits per heavy atom. The molecule has 1 aliphatic heterocycles. The third-order valence-corrected chi connectivity index (χ3v) is 3.43. The number of para-hydroxylation sites is 1. The molecule has 2 amide bonds. The molecule has 0 N–H and O–H groups in total. The van der Waals surface area contributed by atoms with Crippen molar-refractivity contribution in [2.75, 3.05) is 6.54 Å². The first-order valence-electron chi connectivity index (χ1n) is 6.58. The highest BCUT2D eigenvalue weighted by Gasteiger charge is 2.37. The standard InChI is InChI=1S/C15H10N4O3/c16-17-8-10(20)5-6-19-14(21)11-7-9-3-1-2-4-12(9)18-13(11)15(19)22/h1-4,7-8H,5-6H2. The lowest BCUT2D eigenvalue weighted by atomic mass is 10.1. The quantitative estimate of drug-likeness (QED) is 0.364. The molecule has 1 aromatic heterocycles. The van der Waals surface area contributed by atoms with Crippen molar-refractivity contribution in [3.8, 4) is 0 Å². The molecule has 7 heteroatoms. The molecule has 1 aliphatic rings. The van der Waals surface area contributed by atoms with Crippen molar-refractivity contribution in [1.29, 1.82) is 0 Å². The van der Waals surface area contributed by atoms with Crippen molar-refractivity contribution in [1.82, 2.24) is 9.88 Å². The van der Waals surface area contributed by atoms with E-state index in [1.54, 1.807) is 18.2 Å². The van der Waals surface area contributed by atoms with Crippen molar-refractivity contribution in [3.05, 3.63) is 47.1 Å². The van der Waals surface area contributed by atoms with E-state index in [4.69, 9.17) is 5.53 Å². The van der Waals surface area contributed by atoms with Gasteiger partial charge in [-0.3, -0.25) is 19.3 Å². The Kier molecular flexibility index (Phi) is 3.33. The number of hydrogen-bond donors (Lipinski definition) is 0. The Labute approximate surface area is 124 Å². The average Bonchev–Trinajstić information content (AvgIpc) is 2.75. The van der Waals surface area contributed by atoms with Crippen molar-refractivity contribution < 1.29 is 19.2 Å². The summed E-state index contributed by atoms with van der Waals surface area (Å²) in [6, 6.07) is 8.83. The summed E-state index contributed by atoms with van der Waals surface area (Å²) in [6.07, 6.45) is 0.639. The van der Waals surface area contributed by atoms with Crippen LogP contribution in [0.1, 0.15) is 27.3 Å². The van der Waals surface area contributed by atoms with E-state index in [1.807, 2.05) is 12.1 Å². The highest BCUT2D eigenvalue weighted by atomic mass is 16.2. The molecular weight excluding hydrogens is 284 g/mol. The molecule has 7 nitrogen and oxygen atoms in total. The van der Waals surface area contributed by atoms with E-state index in [0.717, 1.165) is 16.5 Å². The highest BCUT2D eigenvalue weighted by Crippen LogP contribution is 2.25. The van der Waals surface area contributed by atoms with Crippen molar-refractivity contribution in [3.63, 3.8) is 0 Å². The number of Topliss-reactive ketones (excluding diaryl/α,β-unsaturated/α-hetero) is 1. The molecule has 0 radical (unpaired) electrons. The van der Waals surface area contributed by atoms with Gasteiger partial charge in [-0.25, -0.2) is 4.98 Å². The number of rotatable bonds is 4. The Bertz CT molecular complexity index is 814. The van der Waals surface area contributed by atoms with Crippen LogP contribution in [-0.2, 0) is 4.79 Å². The summed E-state index contributed by atoms with van der Waals surface area (Å²) >= 11 is 0. The lowest BCUT2D eigenvalue weighted by Crippen LogP contribution is -2.32. The summed E-state index contributed by atoms with van der Waals surface area (Å²) in [5, 5.41) is 0.771. The molecule has 0 bridgehead atoms. The molecule has 2 heterocycles. The van der Waals surface area contributed by atoms with Gasteiger partial charge in [-0.05, 0) is 12.1 Å². The number of imide groups is 1. The van der Waals surface area contributed by atoms with Gasteiger partial charge in [-0.1, -0.05) is 18.2 Å². The molecule has 1 aromatic carbocycles. The minimum Gasteiger partial charge on any atom is -0.361 e. The zero-order chi connectivity index (χ0) is 15.7. The number of ketones is 1. The second kappa shape index (κ2) is 5.31. The molecule has 0 atom stereocenters. The number of amides is 2. The molecular formula is C15H10N4O3. The van der Waals surface area contributed by atoms with Crippen LogP contribution in [-0.4, -0.2) is 45.0 Å². The van der Waals surface area contributed by atoms with E-state index in [2.05, 4.69) is 9.77 Å². The normalized spacial score (nSPS) is 13.2. The summed E-state index contributed by atoms with van der Waals surface area (Å²) in [5.74, 6) is -1.45. The number of pyridine rings is 1. The Morgan fingerprint density at radius 1 is 1.27 bits per heavy atom. The average molecular weight is 294 g/mol. The fourth-order valence-electron chi connectivity index (χ4n) is 2.36. The number of carbonyl (C=O) groups excluding carboxylic acids is 3. The van der Waals surface area contributed by atoms with Gasteiger partial charge in [0.25, 0.3) is 11.8 Å². The monoisotopic (exact) mass is 294 g/mol. The van der Waals surface area contributed by atoms with Gasteiger partial charge in [-0.15, -0.1) is 0 Å². The van der Waals surface area contributed by atoms with Crippen molar-refractivity contribution in [2.24, 2.45) is 0 Å². The van der Waals surface area contributed by atoms with Gasteiger partial charge in [0.05, 0.1) is 11.1 Å². The number of aromatic nitrogens is 1. The summed E-state index contributed by atoms with van der Waals surface area (Å²) in [5.41, 5.74) is 9.25. The Morgan fingerprint density at radius 3 is 2.82 bits per heavy atom. The minimum absolute atomic E-state index is 0.0742. The third kappa shape index (κ3) is 2.19. The SMILES string of the molecule is [N-]=[N+]=CC(=O)CCN1C(=O)c2cc3ccccc3nc2C1=O. The third-order valence-electron chi connectivity index (χ3n) is 3.43. The maximum Gasteiger partial charge on any atom is 0.323 e. The van der Waals surface area contributed by atoms with Crippen LogP contribution in [0.15, 0.2) is 30.3 Å². The summed E-state index contributed by atoms with van der Waals surface area (Å²) in [7, 11) is 0. The molecule has 0 aliphatic carbocycles. The Hall–Kier alpha value is -3.18. The van der Waals surface area contributed by atoms with Gasteiger partial charge in [0.2, 0.25) is 5.78 Å². The lowest BCUT2D eigenvalue weighted by molar-refractivity contribution is -0.116. The van der Waals surface area contributed by atoms with Gasteiger partial charge < -0.3 is 5.53 Å². The van der Waals surface area contributed by atoms with E-state index in [9.17, 15) is 14.4 Å². The molecule has 2 aromatic rings. The van der Waals surface area contributed by atoms with Crippen LogP contribution in [0.3, 0.4) is 0 Å². The van der Waals surface area contributed by atoms with Crippen LogP contribution in [0.4, 0.5) is 0 Å². The topological polar surface area (TPSA) is 104 Å². The minimum atomic E-state index is -0.514. The maximum atomic E-state index is 12.3. The van der Waals surface area contributed by atoms with Crippen LogP contribution in [0.2, 0.25) is 0 Å². The summed E-state index contributed by atoms with van der Waals surface area (Å²) in [6.45, 7) is -0.0742. The van der Waals surface area contributed by atoms with E-state index < -0.39 is 17.6 Å². The fourth-order valence-corrected chi connectivity index (χ4v) is 2.36. The van der Waals surface area contributed by atoms with E-state index in [1.165, 1.54) is 0 Å². The first-order valence-corrected chi connectivity index (χ1v) is 6.58. The predicted molar refractivity (Wildman–Crippen MR) is 76.4 cm³/mol. The largest absolute Gasteiger partial charge is 0.361 e. The number of hydrogen-bond acceptors (Lipinski definition) is 4. The molecule has 3 rings (SSSR count). The number of fused-ring (bicyclic) bond motifs is 2. The van der Waals surface area contributed by atoms with Gasteiger partial charge in [-0.2, -0.15) is 4.79 Å². The van der Waals surface area contributed by atoms with Gasteiger partial charge in [0.1, 0.15) is 5.69 Å². The second-order valence-electron chi connectivity index (χ2n) is 4.80.